The van der Waals surface area contributed by atoms with Gasteiger partial charge >= 0.3 is 0 Å². The van der Waals surface area contributed by atoms with Crippen molar-refractivity contribution in [3.05, 3.63) is 23.8 Å². The van der Waals surface area contributed by atoms with E-state index in [0.29, 0.717) is 13.2 Å². The van der Waals surface area contributed by atoms with E-state index < -0.39 is 0 Å². The molecule has 3 rings (SSSR count). The first kappa shape index (κ1) is 13.3. The van der Waals surface area contributed by atoms with Crippen molar-refractivity contribution in [2.24, 2.45) is 5.92 Å². The van der Waals surface area contributed by atoms with Crippen molar-refractivity contribution in [1.29, 1.82) is 0 Å². The van der Waals surface area contributed by atoms with Crippen molar-refractivity contribution in [3.8, 4) is 11.5 Å². The lowest BCUT2D eigenvalue weighted by Gasteiger charge is -2.30. The number of carbonyl (C=O) groups is 1. The number of likely N-dealkylation sites (tertiary alicyclic amines) is 1. The first-order valence-electron chi connectivity index (χ1n) is 7.38. The summed E-state index contributed by atoms with van der Waals surface area (Å²) < 4.78 is 10.6. The first-order valence-corrected chi connectivity index (χ1v) is 7.38. The molecule has 1 amide bonds. The standard InChI is InChI=1S/C16H21NO3/c1-12-6-8-17(9-7-12)16(18)5-3-13-2-4-14-15(10-13)20-11-19-14/h2,4,10,12H,3,5-9,11H2,1H3. The predicted octanol–water partition coefficient (Wildman–Crippen LogP) is 2.61. The molecular weight excluding hydrogens is 254 g/mol. The van der Waals surface area contributed by atoms with Crippen LogP contribution in [0.15, 0.2) is 18.2 Å². The fourth-order valence-corrected chi connectivity index (χ4v) is 2.76. The van der Waals surface area contributed by atoms with E-state index in [2.05, 4.69) is 6.92 Å². The number of benzene rings is 1. The molecule has 20 heavy (non-hydrogen) atoms. The number of hydrogen-bond donors (Lipinski definition) is 0. The molecule has 0 aromatic heterocycles. The van der Waals surface area contributed by atoms with Crippen LogP contribution in [0.2, 0.25) is 0 Å². The Morgan fingerprint density at radius 2 is 2.00 bits per heavy atom. The monoisotopic (exact) mass is 275 g/mol. The Morgan fingerprint density at radius 3 is 2.80 bits per heavy atom. The number of rotatable bonds is 3. The number of aryl methyl sites for hydroxylation is 1. The van der Waals surface area contributed by atoms with Gasteiger partial charge in [0.1, 0.15) is 0 Å². The van der Waals surface area contributed by atoms with Gasteiger partial charge in [0.25, 0.3) is 0 Å². The lowest BCUT2D eigenvalue weighted by molar-refractivity contribution is -0.132. The quantitative estimate of drug-likeness (QED) is 0.851. The first-order chi connectivity index (χ1) is 9.72. The Kier molecular flexibility index (Phi) is 3.81. The lowest BCUT2D eigenvalue weighted by atomic mass is 9.98. The third kappa shape index (κ3) is 2.89. The van der Waals surface area contributed by atoms with Crippen molar-refractivity contribution in [2.45, 2.75) is 32.6 Å². The lowest BCUT2D eigenvalue weighted by Crippen LogP contribution is -2.37. The number of carbonyl (C=O) groups excluding carboxylic acids is 1. The van der Waals surface area contributed by atoms with Crippen molar-refractivity contribution in [3.63, 3.8) is 0 Å². The number of piperidine rings is 1. The molecule has 2 heterocycles. The molecule has 0 bridgehead atoms. The summed E-state index contributed by atoms with van der Waals surface area (Å²) in [5.74, 6) is 2.62. The molecule has 1 aromatic carbocycles. The summed E-state index contributed by atoms with van der Waals surface area (Å²) in [6.07, 6.45) is 3.61. The van der Waals surface area contributed by atoms with E-state index in [-0.39, 0.29) is 5.91 Å². The maximum Gasteiger partial charge on any atom is 0.231 e. The second-order valence-corrected chi connectivity index (χ2v) is 5.75. The molecule has 2 aliphatic heterocycles. The molecule has 4 heteroatoms. The highest BCUT2D eigenvalue weighted by atomic mass is 16.7. The molecule has 0 aliphatic carbocycles. The topological polar surface area (TPSA) is 38.8 Å². The summed E-state index contributed by atoms with van der Waals surface area (Å²) in [6, 6.07) is 5.91. The van der Waals surface area contributed by atoms with Gasteiger partial charge < -0.3 is 14.4 Å². The average molecular weight is 275 g/mol. The van der Waals surface area contributed by atoms with Gasteiger partial charge in [0.15, 0.2) is 11.5 Å². The summed E-state index contributed by atoms with van der Waals surface area (Å²) in [4.78, 5) is 14.2. The van der Waals surface area contributed by atoms with Crippen molar-refractivity contribution in [1.82, 2.24) is 4.90 Å². The fourth-order valence-electron chi connectivity index (χ4n) is 2.76. The van der Waals surface area contributed by atoms with Gasteiger partial charge in [-0.2, -0.15) is 0 Å². The van der Waals surface area contributed by atoms with Crippen molar-refractivity contribution in [2.75, 3.05) is 19.9 Å². The number of ether oxygens (including phenoxy) is 2. The minimum absolute atomic E-state index is 0.273. The highest BCUT2D eigenvalue weighted by Crippen LogP contribution is 2.32. The zero-order chi connectivity index (χ0) is 13.9. The molecule has 1 aromatic rings. The van der Waals surface area contributed by atoms with Gasteiger partial charge in [-0.05, 0) is 42.9 Å². The van der Waals surface area contributed by atoms with Crippen LogP contribution >= 0.6 is 0 Å². The van der Waals surface area contributed by atoms with Gasteiger partial charge in [-0.25, -0.2) is 0 Å². The van der Waals surface area contributed by atoms with E-state index in [1.165, 1.54) is 0 Å². The zero-order valence-electron chi connectivity index (χ0n) is 11.9. The molecule has 0 N–H and O–H groups in total. The minimum Gasteiger partial charge on any atom is -0.454 e. The summed E-state index contributed by atoms with van der Waals surface area (Å²) in [7, 11) is 0. The van der Waals surface area contributed by atoms with E-state index >= 15 is 0 Å². The van der Waals surface area contributed by atoms with Crippen LogP contribution in [0.5, 0.6) is 11.5 Å². The molecule has 108 valence electrons. The molecule has 0 unspecified atom stereocenters. The van der Waals surface area contributed by atoms with Crippen LogP contribution in [-0.4, -0.2) is 30.7 Å². The smallest absolute Gasteiger partial charge is 0.231 e. The van der Waals surface area contributed by atoms with Crippen LogP contribution < -0.4 is 9.47 Å². The van der Waals surface area contributed by atoms with Crippen LogP contribution in [0, 0.1) is 5.92 Å². The van der Waals surface area contributed by atoms with Gasteiger partial charge in [-0.15, -0.1) is 0 Å². The largest absolute Gasteiger partial charge is 0.454 e. The van der Waals surface area contributed by atoms with Crippen LogP contribution in [0.1, 0.15) is 31.7 Å². The van der Waals surface area contributed by atoms with Crippen LogP contribution in [0.3, 0.4) is 0 Å². The second kappa shape index (κ2) is 5.73. The predicted molar refractivity (Wildman–Crippen MR) is 75.9 cm³/mol. The highest BCUT2D eigenvalue weighted by Gasteiger charge is 2.20. The maximum absolute atomic E-state index is 12.2. The Balaban J connectivity index is 1.53. The summed E-state index contributed by atoms with van der Waals surface area (Å²) >= 11 is 0. The van der Waals surface area contributed by atoms with Crippen molar-refractivity contribution < 1.29 is 14.3 Å². The van der Waals surface area contributed by atoms with Gasteiger partial charge in [0, 0.05) is 19.5 Å². The second-order valence-electron chi connectivity index (χ2n) is 5.75. The molecule has 1 fully saturated rings. The van der Waals surface area contributed by atoms with Gasteiger partial charge in [0.2, 0.25) is 12.7 Å². The number of amides is 1. The third-order valence-electron chi connectivity index (χ3n) is 4.20. The Morgan fingerprint density at radius 1 is 1.25 bits per heavy atom. The molecular formula is C16H21NO3. The fraction of sp³-hybridized carbons (Fsp3) is 0.562. The van der Waals surface area contributed by atoms with E-state index in [4.69, 9.17) is 9.47 Å². The van der Waals surface area contributed by atoms with Crippen molar-refractivity contribution >= 4 is 5.91 Å². The molecule has 0 atom stereocenters. The number of nitrogens with zero attached hydrogens (tertiary/aromatic N) is 1. The number of fused-ring (bicyclic) bond motifs is 1. The van der Waals surface area contributed by atoms with E-state index in [1.54, 1.807) is 0 Å². The van der Waals surface area contributed by atoms with Gasteiger partial charge in [0.05, 0.1) is 0 Å². The SMILES string of the molecule is CC1CCN(C(=O)CCc2ccc3c(c2)OCO3)CC1. The Bertz CT molecular complexity index is 492. The molecule has 1 saturated heterocycles. The van der Waals surface area contributed by atoms with E-state index in [9.17, 15) is 4.79 Å². The average Bonchev–Trinajstić information content (AvgIpc) is 2.93. The minimum atomic E-state index is 0.273. The van der Waals surface area contributed by atoms with Crippen LogP contribution in [-0.2, 0) is 11.2 Å². The van der Waals surface area contributed by atoms with E-state index in [1.807, 2.05) is 23.1 Å². The molecule has 0 radical (unpaired) electrons. The van der Waals surface area contributed by atoms with Gasteiger partial charge in [-0.1, -0.05) is 13.0 Å². The summed E-state index contributed by atoms with van der Waals surface area (Å²) in [6.45, 7) is 4.39. The molecule has 2 aliphatic rings. The van der Waals surface area contributed by atoms with E-state index in [0.717, 1.165) is 55.3 Å². The third-order valence-corrected chi connectivity index (χ3v) is 4.20. The van der Waals surface area contributed by atoms with Crippen LogP contribution in [0.4, 0.5) is 0 Å². The highest BCUT2D eigenvalue weighted by molar-refractivity contribution is 5.76. The Labute approximate surface area is 119 Å². The number of hydrogen-bond acceptors (Lipinski definition) is 3. The maximum atomic E-state index is 12.2. The molecule has 4 nitrogen and oxygen atoms in total. The zero-order valence-corrected chi connectivity index (χ0v) is 11.9. The van der Waals surface area contributed by atoms with Gasteiger partial charge in [-0.3, -0.25) is 4.79 Å². The molecule has 0 spiro atoms. The van der Waals surface area contributed by atoms with Crippen LogP contribution in [0.25, 0.3) is 0 Å². The summed E-state index contributed by atoms with van der Waals surface area (Å²) in [5.41, 5.74) is 1.13. The Hall–Kier alpha value is -1.71. The summed E-state index contributed by atoms with van der Waals surface area (Å²) in [5, 5.41) is 0. The molecule has 0 saturated carbocycles. The normalized spacial score (nSPS) is 18.4.